The van der Waals surface area contributed by atoms with E-state index in [1.54, 1.807) is 43.3 Å². The second kappa shape index (κ2) is 9.10. The molecular formula is C19H22ClN3O3. The summed E-state index contributed by atoms with van der Waals surface area (Å²) in [5, 5.41) is 8.54. The van der Waals surface area contributed by atoms with Gasteiger partial charge >= 0.3 is 6.03 Å². The summed E-state index contributed by atoms with van der Waals surface area (Å²) in [6.45, 7) is 5.92. The van der Waals surface area contributed by atoms with Gasteiger partial charge in [-0.1, -0.05) is 23.7 Å². The summed E-state index contributed by atoms with van der Waals surface area (Å²) in [4.78, 5) is 23.9. The third kappa shape index (κ3) is 5.67. The number of benzene rings is 2. The molecule has 138 valence electrons. The fraction of sp³-hybridized carbons (Fsp3) is 0.263. The number of aryl methyl sites for hydroxylation is 1. The Bertz CT molecular complexity index is 795. The van der Waals surface area contributed by atoms with Crippen LogP contribution in [0.15, 0.2) is 42.5 Å². The lowest BCUT2D eigenvalue weighted by Crippen LogP contribution is -2.30. The lowest BCUT2D eigenvalue weighted by Gasteiger charge is -2.16. The lowest BCUT2D eigenvalue weighted by atomic mass is 10.2. The Balaban J connectivity index is 2.00. The van der Waals surface area contributed by atoms with Crippen molar-refractivity contribution >= 4 is 34.9 Å². The van der Waals surface area contributed by atoms with E-state index in [-0.39, 0.29) is 11.9 Å². The van der Waals surface area contributed by atoms with E-state index in [9.17, 15) is 9.59 Å². The van der Waals surface area contributed by atoms with E-state index in [1.165, 1.54) is 0 Å². The molecule has 0 saturated carbocycles. The van der Waals surface area contributed by atoms with Crippen molar-refractivity contribution in [2.75, 3.05) is 17.2 Å². The number of ether oxygens (including phenoxy) is 1. The maximum absolute atomic E-state index is 12.4. The standard InChI is InChI=1S/C19H22ClN3O3/c1-4-21-19(25)23-15-7-5-6-14(11-15)22-18(24)13(3)26-17-10-12(2)8-9-16(17)20/h5-11,13H,4H2,1-3H3,(H,22,24)(H2,21,23,25). The number of hydrogen-bond acceptors (Lipinski definition) is 3. The molecule has 1 atom stereocenters. The van der Waals surface area contributed by atoms with E-state index >= 15 is 0 Å². The minimum absolute atomic E-state index is 0.304. The second-order valence-corrected chi connectivity index (χ2v) is 6.16. The van der Waals surface area contributed by atoms with Crippen molar-refractivity contribution in [2.24, 2.45) is 0 Å². The molecule has 26 heavy (non-hydrogen) atoms. The number of nitrogens with one attached hydrogen (secondary N) is 3. The maximum atomic E-state index is 12.4. The molecule has 0 bridgehead atoms. The van der Waals surface area contributed by atoms with Gasteiger partial charge in [-0.25, -0.2) is 4.79 Å². The third-order valence-corrected chi connectivity index (χ3v) is 3.80. The first-order chi connectivity index (χ1) is 12.4. The van der Waals surface area contributed by atoms with Crippen LogP contribution in [0.3, 0.4) is 0 Å². The largest absolute Gasteiger partial charge is 0.479 e. The molecule has 2 rings (SSSR count). The van der Waals surface area contributed by atoms with E-state index in [0.717, 1.165) is 5.56 Å². The normalized spacial score (nSPS) is 11.4. The summed E-state index contributed by atoms with van der Waals surface area (Å²) in [7, 11) is 0. The number of halogens is 1. The van der Waals surface area contributed by atoms with Gasteiger partial charge in [0.2, 0.25) is 0 Å². The summed E-state index contributed by atoms with van der Waals surface area (Å²) in [6.07, 6.45) is -0.741. The average Bonchev–Trinajstić information content (AvgIpc) is 2.58. The van der Waals surface area contributed by atoms with Crippen molar-refractivity contribution in [3.8, 4) is 5.75 Å². The van der Waals surface area contributed by atoms with E-state index in [0.29, 0.717) is 28.7 Å². The quantitative estimate of drug-likeness (QED) is 0.708. The molecular weight excluding hydrogens is 354 g/mol. The Morgan fingerprint density at radius 1 is 1.12 bits per heavy atom. The topological polar surface area (TPSA) is 79.5 Å². The van der Waals surface area contributed by atoms with Gasteiger partial charge in [0.15, 0.2) is 6.10 Å². The lowest BCUT2D eigenvalue weighted by molar-refractivity contribution is -0.122. The van der Waals surface area contributed by atoms with Crippen LogP contribution in [0, 0.1) is 6.92 Å². The van der Waals surface area contributed by atoms with Crippen LogP contribution in [0.5, 0.6) is 5.75 Å². The Morgan fingerprint density at radius 2 is 1.81 bits per heavy atom. The molecule has 0 heterocycles. The van der Waals surface area contributed by atoms with Crippen LogP contribution >= 0.6 is 11.6 Å². The van der Waals surface area contributed by atoms with Gasteiger partial charge in [0.05, 0.1) is 5.02 Å². The third-order valence-electron chi connectivity index (χ3n) is 3.48. The van der Waals surface area contributed by atoms with Crippen molar-refractivity contribution < 1.29 is 14.3 Å². The molecule has 0 aromatic heterocycles. The molecule has 0 spiro atoms. The average molecular weight is 376 g/mol. The van der Waals surface area contributed by atoms with Crippen molar-refractivity contribution in [2.45, 2.75) is 26.9 Å². The second-order valence-electron chi connectivity index (χ2n) is 5.75. The first-order valence-corrected chi connectivity index (χ1v) is 8.65. The smallest absolute Gasteiger partial charge is 0.319 e. The molecule has 0 saturated heterocycles. The number of rotatable bonds is 6. The van der Waals surface area contributed by atoms with Gasteiger partial charge < -0.3 is 20.7 Å². The minimum Gasteiger partial charge on any atom is -0.479 e. The molecule has 3 N–H and O–H groups in total. The van der Waals surface area contributed by atoms with Crippen LogP contribution in [0.1, 0.15) is 19.4 Å². The summed E-state index contributed by atoms with van der Waals surface area (Å²) >= 11 is 6.10. The summed E-state index contributed by atoms with van der Waals surface area (Å²) < 4.78 is 5.66. The zero-order chi connectivity index (χ0) is 19.1. The van der Waals surface area contributed by atoms with Crippen molar-refractivity contribution in [1.29, 1.82) is 0 Å². The summed E-state index contributed by atoms with van der Waals surface area (Å²) in [5.41, 5.74) is 2.11. The number of hydrogen-bond donors (Lipinski definition) is 3. The van der Waals surface area contributed by atoms with E-state index in [1.807, 2.05) is 19.9 Å². The van der Waals surface area contributed by atoms with Crippen LogP contribution in [0.25, 0.3) is 0 Å². The molecule has 2 aromatic carbocycles. The molecule has 1 unspecified atom stereocenters. The highest BCUT2D eigenvalue weighted by Gasteiger charge is 2.16. The Kier molecular flexibility index (Phi) is 6.86. The molecule has 2 aromatic rings. The first-order valence-electron chi connectivity index (χ1n) is 8.27. The van der Waals surface area contributed by atoms with Gasteiger partial charge in [0, 0.05) is 17.9 Å². The first kappa shape index (κ1) is 19.6. The van der Waals surface area contributed by atoms with Crippen LogP contribution in [-0.4, -0.2) is 24.6 Å². The van der Waals surface area contributed by atoms with E-state index < -0.39 is 6.10 Å². The van der Waals surface area contributed by atoms with Crippen LogP contribution in [0.4, 0.5) is 16.2 Å². The van der Waals surface area contributed by atoms with Crippen molar-refractivity contribution in [3.05, 3.63) is 53.1 Å². The molecule has 0 aliphatic carbocycles. The zero-order valence-corrected chi connectivity index (χ0v) is 15.7. The Labute approximate surface area is 157 Å². The monoisotopic (exact) mass is 375 g/mol. The molecule has 0 aliphatic rings. The van der Waals surface area contributed by atoms with Crippen molar-refractivity contribution in [1.82, 2.24) is 5.32 Å². The van der Waals surface area contributed by atoms with Gasteiger partial charge in [-0.15, -0.1) is 0 Å². The zero-order valence-electron chi connectivity index (χ0n) is 14.9. The van der Waals surface area contributed by atoms with Crippen molar-refractivity contribution in [3.63, 3.8) is 0 Å². The van der Waals surface area contributed by atoms with E-state index in [2.05, 4.69) is 16.0 Å². The number of anilines is 2. The molecule has 0 fully saturated rings. The molecule has 0 aliphatic heterocycles. The highest BCUT2D eigenvalue weighted by molar-refractivity contribution is 6.32. The minimum atomic E-state index is -0.741. The highest BCUT2D eigenvalue weighted by Crippen LogP contribution is 2.26. The van der Waals surface area contributed by atoms with Crippen LogP contribution in [-0.2, 0) is 4.79 Å². The SMILES string of the molecule is CCNC(=O)Nc1cccc(NC(=O)C(C)Oc2cc(C)ccc2Cl)c1. The molecule has 0 radical (unpaired) electrons. The molecule has 3 amide bonds. The van der Waals surface area contributed by atoms with Gasteiger partial charge in [-0.2, -0.15) is 0 Å². The Hall–Kier alpha value is -2.73. The number of carbonyl (C=O) groups is 2. The van der Waals surface area contributed by atoms with Crippen LogP contribution < -0.4 is 20.7 Å². The predicted octanol–water partition coefficient (Wildman–Crippen LogP) is 4.20. The van der Waals surface area contributed by atoms with Gasteiger partial charge in [0.25, 0.3) is 5.91 Å². The summed E-state index contributed by atoms with van der Waals surface area (Å²) in [5.74, 6) is 0.138. The highest BCUT2D eigenvalue weighted by atomic mass is 35.5. The summed E-state index contributed by atoms with van der Waals surface area (Å²) in [6, 6.07) is 11.9. The van der Waals surface area contributed by atoms with Gasteiger partial charge in [-0.3, -0.25) is 4.79 Å². The number of urea groups is 1. The van der Waals surface area contributed by atoms with E-state index in [4.69, 9.17) is 16.3 Å². The van der Waals surface area contributed by atoms with Gasteiger partial charge in [-0.05, 0) is 56.7 Å². The number of carbonyl (C=O) groups excluding carboxylic acids is 2. The molecule has 6 nitrogen and oxygen atoms in total. The maximum Gasteiger partial charge on any atom is 0.319 e. The number of amides is 3. The van der Waals surface area contributed by atoms with Crippen LogP contribution in [0.2, 0.25) is 5.02 Å². The molecule has 7 heteroatoms. The fourth-order valence-corrected chi connectivity index (χ4v) is 2.36. The fourth-order valence-electron chi connectivity index (χ4n) is 2.20. The predicted molar refractivity (Wildman–Crippen MR) is 104 cm³/mol. The Morgan fingerprint density at radius 3 is 2.50 bits per heavy atom. The van der Waals surface area contributed by atoms with Gasteiger partial charge in [0.1, 0.15) is 5.75 Å².